The number of nitrogens with zero attached hydrogens (tertiary/aromatic N) is 6. The molecular formula is C31H38N8O2. The van der Waals surface area contributed by atoms with E-state index in [0.717, 1.165) is 50.7 Å². The van der Waals surface area contributed by atoms with Crippen molar-refractivity contribution in [2.24, 2.45) is 5.92 Å². The fraction of sp³-hybridized carbons (Fsp3) is 0.452. The predicted molar refractivity (Wildman–Crippen MR) is 160 cm³/mol. The summed E-state index contributed by atoms with van der Waals surface area (Å²) in [5.74, 6) is 2.60. The number of benzene rings is 2. The van der Waals surface area contributed by atoms with Crippen molar-refractivity contribution in [3.8, 4) is 17.2 Å². The second-order valence-corrected chi connectivity index (χ2v) is 11.7. The van der Waals surface area contributed by atoms with Gasteiger partial charge in [0.1, 0.15) is 23.3 Å². The van der Waals surface area contributed by atoms with Gasteiger partial charge < -0.3 is 15.8 Å². The van der Waals surface area contributed by atoms with E-state index in [9.17, 15) is 4.79 Å². The number of nitrogen functional groups attached to an aromatic ring is 1. The van der Waals surface area contributed by atoms with Gasteiger partial charge in [0, 0.05) is 44.8 Å². The van der Waals surface area contributed by atoms with Crippen LogP contribution >= 0.6 is 0 Å². The maximum Gasteiger partial charge on any atom is 0.335 e. The Kier molecular flexibility index (Phi) is 7.20. The van der Waals surface area contributed by atoms with Crippen molar-refractivity contribution in [3.05, 3.63) is 71.4 Å². The molecule has 3 aliphatic heterocycles. The number of imidazole rings is 1. The van der Waals surface area contributed by atoms with Gasteiger partial charge in [0.05, 0.1) is 5.69 Å². The van der Waals surface area contributed by atoms with Crippen LogP contribution in [0.5, 0.6) is 11.5 Å². The lowest BCUT2D eigenvalue weighted by Gasteiger charge is -2.48. The number of piperidine rings is 2. The number of aromatic nitrogens is 4. The highest BCUT2D eigenvalue weighted by Crippen LogP contribution is 2.31. The molecule has 2 aromatic carbocycles. The molecule has 3 fully saturated rings. The first kappa shape index (κ1) is 26.2. The molecule has 10 heteroatoms. The standard InChI is InChI=1S/C31H38N8O2/c32-29-28-30(35-21-34-29)39(31(40)38(28)23-6-8-27(9-7-23)41-26-4-2-1-3-5-26)24-12-16-37(17-13-24)25-19-36(20-25)18-22-10-14-33-15-11-22/h1-9,21-22,24-25,33H,10-20H2,(H2,32,34,35). The zero-order valence-electron chi connectivity index (χ0n) is 23.4. The smallest absolute Gasteiger partial charge is 0.335 e. The molecular weight excluding hydrogens is 516 g/mol. The van der Waals surface area contributed by atoms with Crippen molar-refractivity contribution in [2.75, 3.05) is 51.5 Å². The summed E-state index contributed by atoms with van der Waals surface area (Å²) >= 11 is 0. The Morgan fingerprint density at radius 3 is 2.32 bits per heavy atom. The van der Waals surface area contributed by atoms with Crippen molar-refractivity contribution in [1.29, 1.82) is 0 Å². The van der Waals surface area contributed by atoms with E-state index in [1.54, 1.807) is 4.57 Å². The van der Waals surface area contributed by atoms with Gasteiger partial charge in [-0.3, -0.25) is 18.9 Å². The molecule has 7 rings (SSSR count). The number of hydrogen-bond donors (Lipinski definition) is 2. The van der Waals surface area contributed by atoms with E-state index >= 15 is 0 Å². The normalized spacial score (nSPS) is 19.9. The average Bonchev–Trinajstić information content (AvgIpc) is 3.29. The van der Waals surface area contributed by atoms with Crippen LogP contribution in [0, 0.1) is 5.92 Å². The summed E-state index contributed by atoms with van der Waals surface area (Å²) in [6, 6.07) is 17.8. The summed E-state index contributed by atoms with van der Waals surface area (Å²) in [4.78, 5) is 28.0. The first-order valence-electron chi connectivity index (χ1n) is 14.9. The molecule has 0 bridgehead atoms. The fourth-order valence-electron chi connectivity index (χ4n) is 6.79. The Balaban J connectivity index is 1.06. The molecule has 10 nitrogen and oxygen atoms in total. The Labute approximate surface area is 239 Å². The summed E-state index contributed by atoms with van der Waals surface area (Å²) in [5, 5.41) is 3.47. The van der Waals surface area contributed by atoms with Gasteiger partial charge in [-0.25, -0.2) is 14.8 Å². The number of hydrogen-bond acceptors (Lipinski definition) is 8. The zero-order chi connectivity index (χ0) is 27.8. The molecule has 0 atom stereocenters. The lowest BCUT2D eigenvalue weighted by atomic mass is 9.94. The summed E-state index contributed by atoms with van der Waals surface area (Å²) in [6.45, 7) is 7.88. The van der Waals surface area contributed by atoms with Gasteiger partial charge >= 0.3 is 5.69 Å². The molecule has 0 saturated carbocycles. The molecule has 0 spiro atoms. The van der Waals surface area contributed by atoms with Gasteiger partial charge in [-0.1, -0.05) is 18.2 Å². The van der Waals surface area contributed by atoms with E-state index in [1.807, 2.05) is 59.2 Å². The van der Waals surface area contributed by atoms with E-state index in [0.29, 0.717) is 34.5 Å². The molecule has 3 N–H and O–H groups in total. The molecule has 3 saturated heterocycles. The average molecular weight is 555 g/mol. The molecule has 0 aliphatic carbocycles. The van der Waals surface area contributed by atoms with Gasteiger partial charge in [0.15, 0.2) is 11.5 Å². The Bertz CT molecular complexity index is 1530. The minimum absolute atomic E-state index is 0.0726. The van der Waals surface area contributed by atoms with E-state index in [-0.39, 0.29) is 11.7 Å². The molecule has 3 aliphatic rings. The Hall–Kier alpha value is -3.73. The molecule has 0 radical (unpaired) electrons. The minimum atomic E-state index is -0.126. The third-order valence-corrected chi connectivity index (χ3v) is 9.05. The Morgan fingerprint density at radius 1 is 0.878 bits per heavy atom. The maximum atomic E-state index is 14.0. The molecule has 4 aromatic rings. The van der Waals surface area contributed by atoms with Gasteiger partial charge in [-0.2, -0.15) is 0 Å². The van der Waals surface area contributed by atoms with Crippen LogP contribution < -0.4 is 21.5 Å². The number of ether oxygens (including phenoxy) is 1. The lowest BCUT2D eigenvalue weighted by molar-refractivity contribution is 0.00525. The third kappa shape index (κ3) is 5.23. The Morgan fingerprint density at radius 2 is 1.59 bits per heavy atom. The van der Waals surface area contributed by atoms with Crippen molar-refractivity contribution >= 4 is 17.0 Å². The monoisotopic (exact) mass is 554 g/mol. The maximum absolute atomic E-state index is 14.0. The van der Waals surface area contributed by atoms with Crippen molar-refractivity contribution < 1.29 is 4.74 Å². The molecule has 0 amide bonds. The second kappa shape index (κ2) is 11.3. The molecule has 41 heavy (non-hydrogen) atoms. The first-order chi connectivity index (χ1) is 20.1. The van der Waals surface area contributed by atoms with Gasteiger partial charge in [0.25, 0.3) is 0 Å². The van der Waals surface area contributed by atoms with E-state index in [1.165, 1.54) is 38.8 Å². The van der Waals surface area contributed by atoms with E-state index < -0.39 is 0 Å². The van der Waals surface area contributed by atoms with Crippen LogP contribution in [0.25, 0.3) is 16.9 Å². The largest absolute Gasteiger partial charge is 0.457 e. The van der Waals surface area contributed by atoms with Crippen molar-refractivity contribution in [1.82, 2.24) is 34.2 Å². The minimum Gasteiger partial charge on any atom is -0.457 e. The number of anilines is 1. The molecule has 0 unspecified atom stereocenters. The van der Waals surface area contributed by atoms with E-state index in [4.69, 9.17) is 10.5 Å². The first-order valence-corrected chi connectivity index (χ1v) is 14.9. The zero-order valence-corrected chi connectivity index (χ0v) is 23.4. The number of nitrogens with two attached hydrogens (primary N) is 1. The van der Waals surface area contributed by atoms with Gasteiger partial charge in [-0.15, -0.1) is 0 Å². The van der Waals surface area contributed by atoms with Crippen LogP contribution in [0.2, 0.25) is 0 Å². The van der Waals surface area contributed by atoms with Gasteiger partial charge in [-0.05, 0) is 81.1 Å². The second-order valence-electron chi connectivity index (χ2n) is 11.7. The highest BCUT2D eigenvalue weighted by atomic mass is 16.5. The summed E-state index contributed by atoms with van der Waals surface area (Å²) in [5.41, 5.74) is 8.08. The van der Waals surface area contributed by atoms with E-state index in [2.05, 4.69) is 25.1 Å². The SMILES string of the molecule is Nc1ncnc2c1n(-c1ccc(Oc3ccccc3)cc1)c(=O)n2C1CCN(C2CN(CC3CCNCC3)C2)CC1. The van der Waals surface area contributed by atoms with Crippen LogP contribution in [0.15, 0.2) is 65.7 Å². The summed E-state index contributed by atoms with van der Waals surface area (Å²) in [6.07, 6.45) is 5.88. The van der Waals surface area contributed by atoms with Crippen LogP contribution in [0.4, 0.5) is 5.82 Å². The van der Waals surface area contributed by atoms with Crippen molar-refractivity contribution in [3.63, 3.8) is 0 Å². The van der Waals surface area contributed by atoms with Crippen LogP contribution in [-0.4, -0.2) is 80.8 Å². The molecule has 2 aromatic heterocycles. The van der Waals surface area contributed by atoms with Crippen LogP contribution in [-0.2, 0) is 0 Å². The van der Waals surface area contributed by atoms with Crippen LogP contribution in [0.3, 0.4) is 0 Å². The topological polar surface area (TPSA) is 106 Å². The van der Waals surface area contributed by atoms with Gasteiger partial charge in [0.2, 0.25) is 0 Å². The fourth-order valence-corrected chi connectivity index (χ4v) is 6.79. The summed E-state index contributed by atoms with van der Waals surface area (Å²) in [7, 11) is 0. The van der Waals surface area contributed by atoms with Crippen LogP contribution in [0.1, 0.15) is 31.7 Å². The number of rotatable bonds is 7. The molecule has 214 valence electrons. The molecule has 5 heterocycles. The number of fused-ring (bicyclic) bond motifs is 1. The third-order valence-electron chi connectivity index (χ3n) is 9.05. The predicted octanol–water partition coefficient (Wildman–Crippen LogP) is 3.28. The lowest BCUT2D eigenvalue weighted by Crippen LogP contribution is -2.61. The van der Waals surface area contributed by atoms with Crippen molar-refractivity contribution in [2.45, 2.75) is 37.8 Å². The quantitative estimate of drug-likeness (QED) is 0.359. The number of para-hydroxylation sites is 1. The highest BCUT2D eigenvalue weighted by molar-refractivity contribution is 5.84. The summed E-state index contributed by atoms with van der Waals surface area (Å²) < 4.78 is 9.44. The number of likely N-dealkylation sites (tertiary alicyclic amines) is 2. The number of nitrogens with one attached hydrogen (secondary N) is 1. The highest BCUT2D eigenvalue weighted by Gasteiger charge is 2.36.